The Bertz CT molecular complexity index is 573. The molecule has 0 saturated carbocycles. The van der Waals surface area contributed by atoms with Crippen LogP contribution in [-0.2, 0) is 19.7 Å². The molecule has 126 valence electrons. The molecule has 0 aromatic heterocycles. The Morgan fingerprint density at radius 1 is 1.26 bits per heavy atom. The van der Waals surface area contributed by atoms with Gasteiger partial charge in [-0.3, -0.25) is 4.79 Å². The number of carboxylic acids is 1. The first-order valence-corrected chi connectivity index (χ1v) is 7.67. The first-order chi connectivity index (χ1) is 10.8. The Balaban J connectivity index is 2.22. The standard InChI is InChI=1S/C17H23NO5/c1-12-3-5-13(6-4-12)17(7-9-23-10-8-17)14(19)18-11-16(2,22)15(20)21/h3-6,22H,7-11H2,1-2H3,(H,18,19)(H,20,21). The van der Waals surface area contributed by atoms with Gasteiger partial charge >= 0.3 is 5.97 Å². The van der Waals surface area contributed by atoms with Crippen molar-refractivity contribution in [3.63, 3.8) is 0 Å². The first kappa shape index (κ1) is 17.4. The van der Waals surface area contributed by atoms with Crippen LogP contribution in [0.5, 0.6) is 0 Å². The van der Waals surface area contributed by atoms with Crippen LogP contribution >= 0.6 is 0 Å². The van der Waals surface area contributed by atoms with E-state index in [1.807, 2.05) is 31.2 Å². The topological polar surface area (TPSA) is 95.9 Å². The number of carbonyl (C=O) groups excluding carboxylic acids is 1. The number of aliphatic carboxylic acids is 1. The van der Waals surface area contributed by atoms with Gasteiger partial charge in [-0.25, -0.2) is 4.79 Å². The number of carboxylic acid groups (broad SMARTS) is 1. The summed E-state index contributed by atoms with van der Waals surface area (Å²) in [5, 5.41) is 21.3. The molecule has 1 aromatic rings. The van der Waals surface area contributed by atoms with Crippen molar-refractivity contribution >= 4 is 11.9 Å². The molecule has 1 saturated heterocycles. The van der Waals surface area contributed by atoms with E-state index in [1.165, 1.54) is 0 Å². The number of hydrogen-bond acceptors (Lipinski definition) is 4. The van der Waals surface area contributed by atoms with Crippen LogP contribution in [0, 0.1) is 6.92 Å². The lowest BCUT2D eigenvalue weighted by Crippen LogP contribution is -2.53. The molecule has 1 unspecified atom stereocenters. The second-order valence-corrected chi connectivity index (χ2v) is 6.32. The van der Waals surface area contributed by atoms with Gasteiger partial charge in [-0.2, -0.15) is 0 Å². The number of benzene rings is 1. The highest BCUT2D eigenvalue weighted by Crippen LogP contribution is 2.35. The van der Waals surface area contributed by atoms with Crippen LogP contribution in [-0.4, -0.2) is 47.4 Å². The Morgan fingerprint density at radius 3 is 2.35 bits per heavy atom. The van der Waals surface area contributed by atoms with Crippen molar-refractivity contribution in [3.8, 4) is 0 Å². The molecule has 23 heavy (non-hydrogen) atoms. The van der Waals surface area contributed by atoms with Gasteiger partial charge in [-0.05, 0) is 32.3 Å². The van der Waals surface area contributed by atoms with E-state index in [1.54, 1.807) is 0 Å². The van der Waals surface area contributed by atoms with Gasteiger partial charge in [0.05, 0.1) is 12.0 Å². The molecule has 6 heteroatoms. The van der Waals surface area contributed by atoms with Gasteiger partial charge in [-0.1, -0.05) is 29.8 Å². The van der Waals surface area contributed by atoms with Gasteiger partial charge in [0.1, 0.15) is 0 Å². The number of carbonyl (C=O) groups is 2. The third kappa shape index (κ3) is 3.71. The maximum Gasteiger partial charge on any atom is 0.337 e. The van der Waals surface area contributed by atoms with Gasteiger partial charge in [-0.15, -0.1) is 0 Å². The summed E-state index contributed by atoms with van der Waals surface area (Å²) in [6.45, 7) is 3.74. The fraction of sp³-hybridized carbons (Fsp3) is 0.529. The van der Waals surface area contributed by atoms with Crippen molar-refractivity contribution in [2.24, 2.45) is 0 Å². The summed E-state index contributed by atoms with van der Waals surface area (Å²) in [7, 11) is 0. The van der Waals surface area contributed by atoms with Crippen LogP contribution in [0.3, 0.4) is 0 Å². The fourth-order valence-corrected chi connectivity index (χ4v) is 2.74. The van der Waals surface area contributed by atoms with Crippen LogP contribution < -0.4 is 5.32 Å². The van der Waals surface area contributed by atoms with E-state index in [9.17, 15) is 14.7 Å². The second-order valence-electron chi connectivity index (χ2n) is 6.32. The molecule has 0 spiro atoms. The lowest BCUT2D eigenvalue weighted by molar-refractivity contribution is -0.156. The molecule has 0 bridgehead atoms. The molecular weight excluding hydrogens is 298 g/mol. The second kappa shape index (κ2) is 6.68. The summed E-state index contributed by atoms with van der Waals surface area (Å²) < 4.78 is 5.38. The lowest BCUT2D eigenvalue weighted by atomic mass is 9.73. The van der Waals surface area contributed by atoms with Crippen LogP contribution in [0.15, 0.2) is 24.3 Å². The van der Waals surface area contributed by atoms with Gasteiger partial charge < -0.3 is 20.3 Å². The highest BCUT2D eigenvalue weighted by Gasteiger charge is 2.42. The van der Waals surface area contributed by atoms with Crippen molar-refractivity contribution in [2.75, 3.05) is 19.8 Å². The highest BCUT2D eigenvalue weighted by atomic mass is 16.5. The normalized spacial score (nSPS) is 19.6. The molecule has 3 N–H and O–H groups in total. The quantitative estimate of drug-likeness (QED) is 0.752. The Hall–Kier alpha value is -1.92. The fourth-order valence-electron chi connectivity index (χ4n) is 2.74. The molecule has 0 aliphatic carbocycles. The molecule has 1 amide bonds. The molecule has 2 rings (SSSR count). The Morgan fingerprint density at radius 2 is 1.83 bits per heavy atom. The molecular formula is C17H23NO5. The van der Waals surface area contributed by atoms with E-state index >= 15 is 0 Å². The minimum absolute atomic E-state index is 0.272. The third-order valence-electron chi connectivity index (χ3n) is 4.44. The molecule has 0 radical (unpaired) electrons. The number of aryl methyl sites for hydroxylation is 1. The predicted molar refractivity (Wildman–Crippen MR) is 84.2 cm³/mol. The first-order valence-electron chi connectivity index (χ1n) is 7.67. The SMILES string of the molecule is Cc1ccc(C2(C(=O)NCC(C)(O)C(=O)O)CCOCC2)cc1. The summed E-state index contributed by atoms with van der Waals surface area (Å²) in [6.07, 6.45) is 1.05. The number of nitrogens with one attached hydrogen (secondary N) is 1. The summed E-state index contributed by atoms with van der Waals surface area (Å²) in [5.74, 6) is -1.64. The zero-order valence-corrected chi connectivity index (χ0v) is 13.5. The monoisotopic (exact) mass is 321 g/mol. The molecule has 1 aliphatic heterocycles. The highest BCUT2D eigenvalue weighted by molar-refractivity contribution is 5.89. The van der Waals surface area contributed by atoms with Crippen molar-refractivity contribution in [2.45, 2.75) is 37.7 Å². The maximum atomic E-state index is 12.8. The van der Waals surface area contributed by atoms with Gasteiger partial charge in [0, 0.05) is 13.2 Å². The predicted octanol–water partition coefficient (Wildman–Crippen LogP) is 0.995. The van der Waals surface area contributed by atoms with E-state index in [0.29, 0.717) is 26.1 Å². The molecule has 1 fully saturated rings. The maximum absolute atomic E-state index is 12.8. The van der Waals surface area contributed by atoms with Crippen LogP contribution in [0.1, 0.15) is 30.9 Å². The largest absolute Gasteiger partial charge is 0.479 e. The molecule has 1 aromatic carbocycles. The van der Waals surface area contributed by atoms with Crippen molar-refractivity contribution in [1.82, 2.24) is 5.32 Å². The lowest BCUT2D eigenvalue weighted by Gasteiger charge is -2.37. The molecule has 1 heterocycles. The average molecular weight is 321 g/mol. The summed E-state index contributed by atoms with van der Waals surface area (Å²) in [6, 6.07) is 7.76. The summed E-state index contributed by atoms with van der Waals surface area (Å²) >= 11 is 0. The van der Waals surface area contributed by atoms with Crippen LogP contribution in [0.2, 0.25) is 0 Å². The van der Waals surface area contributed by atoms with Gasteiger partial charge in [0.15, 0.2) is 5.60 Å². The van der Waals surface area contributed by atoms with E-state index in [-0.39, 0.29) is 12.5 Å². The van der Waals surface area contributed by atoms with Crippen molar-refractivity contribution in [1.29, 1.82) is 0 Å². The van der Waals surface area contributed by atoms with Crippen LogP contribution in [0.4, 0.5) is 0 Å². The Labute approximate surface area is 135 Å². The average Bonchev–Trinajstić information content (AvgIpc) is 2.53. The zero-order chi connectivity index (χ0) is 17.1. The minimum atomic E-state index is -1.99. The van der Waals surface area contributed by atoms with E-state index in [4.69, 9.17) is 9.84 Å². The van der Waals surface area contributed by atoms with Crippen molar-refractivity contribution in [3.05, 3.63) is 35.4 Å². The molecule has 1 aliphatic rings. The minimum Gasteiger partial charge on any atom is -0.479 e. The summed E-state index contributed by atoms with van der Waals surface area (Å²) in [5.41, 5.74) is -0.750. The number of amides is 1. The smallest absolute Gasteiger partial charge is 0.337 e. The molecule has 6 nitrogen and oxygen atoms in total. The van der Waals surface area contributed by atoms with Crippen molar-refractivity contribution < 1.29 is 24.5 Å². The Kier molecular flexibility index (Phi) is 5.06. The van der Waals surface area contributed by atoms with Crippen LogP contribution in [0.25, 0.3) is 0 Å². The van der Waals surface area contributed by atoms with E-state index < -0.39 is 17.0 Å². The van der Waals surface area contributed by atoms with E-state index in [2.05, 4.69) is 5.32 Å². The number of hydrogen-bond donors (Lipinski definition) is 3. The zero-order valence-electron chi connectivity index (χ0n) is 13.5. The number of rotatable bonds is 5. The number of ether oxygens (including phenoxy) is 1. The van der Waals surface area contributed by atoms with Gasteiger partial charge in [0.25, 0.3) is 0 Å². The van der Waals surface area contributed by atoms with Gasteiger partial charge in [0.2, 0.25) is 5.91 Å². The van der Waals surface area contributed by atoms with E-state index in [0.717, 1.165) is 18.1 Å². The molecule has 1 atom stereocenters. The number of aliphatic hydroxyl groups is 1. The third-order valence-corrected chi connectivity index (χ3v) is 4.44. The summed E-state index contributed by atoms with van der Waals surface area (Å²) in [4.78, 5) is 23.8.